The number of fused-ring (bicyclic) bond motifs is 2. The molecule has 0 N–H and O–H groups in total. The van der Waals surface area contributed by atoms with Crippen LogP contribution in [0.15, 0.2) is 146 Å². The molecular formula is C56H60Cl2SiZr-2. The molecule has 0 saturated heterocycles. The molecule has 0 aliphatic carbocycles. The number of hydrogen-bond donors (Lipinski definition) is 0. The van der Waals surface area contributed by atoms with Crippen molar-refractivity contribution in [3.63, 3.8) is 0 Å². The summed E-state index contributed by atoms with van der Waals surface area (Å²) in [6.45, 7) is 17.7. The van der Waals surface area contributed by atoms with Gasteiger partial charge in [0, 0.05) is 0 Å². The van der Waals surface area contributed by atoms with Gasteiger partial charge < -0.3 is 24.8 Å². The van der Waals surface area contributed by atoms with Gasteiger partial charge in [-0.25, -0.2) is 0 Å². The van der Waals surface area contributed by atoms with Gasteiger partial charge in [0.15, 0.2) is 0 Å². The van der Waals surface area contributed by atoms with Gasteiger partial charge in [0.05, 0.1) is 0 Å². The maximum absolute atomic E-state index is 2.41. The van der Waals surface area contributed by atoms with Gasteiger partial charge in [0.2, 0.25) is 0 Å². The summed E-state index contributed by atoms with van der Waals surface area (Å²) >= 11 is 1.74. The first-order valence-corrected chi connectivity index (χ1v) is 27.5. The van der Waals surface area contributed by atoms with E-state index in [9.17, 15) is 0 Å². The summed E-state index contributed by atoms with van der Waals surface area (Å²) in [5.41, 5.74) is 18.9. The van der Waals surface area contributed by atoms with Crippen LogP contribution in [0.4, 0.5) is 0 Å². The second kappa shape index (κ2) is 23.4. The maximum Gasteiger partial charge on any atom is -1.00 e. The number of rotatable bonds is 10. The molecular weight excluding hydrogens is 863 g/mol. The van der Waals surface area contributed by atoms with Gasteiger partial charge in [0.1, 0.15) is 0 Å². The molecule has 308 valence electrons. The van der Waals surface area contributed by atoms with E-state index in [1.54, 1.807) is 23.3 Å². The van der Waals surface area contributed by atoms with Crippen LogP contribution in [0.2, 0.25) is 13.1 Å². The van der Waals surface area contributed by atoms with E-state index in [-0.39, 0.29) is 30.2 Å². The van der Waals surface area contributed by atoms with E-state index in [1.165, 1.54) is 125 Å². The third-order valence-electron chi connectivity index (χ3n) is 11.0. The van der Waals surface area contributed by atoms with E-state index in [0.717, 1.165) is 12.8 Å². The van der Waals surface area contributed by atoms with E-state index in [4.69, 9.17) is 0 Å². The maximum atomic E-state index is 2.41. The van der Waals surface area contributed by atoms with Crippen LogP contribution in [0.5, 0.6) is 0 Å². The second-order valence-corrected chi connectivity index (χ2v) is 25.7. The normalized spacial score (nSPS) is 10.6. The summed E-state index contributed by atoms with van der Waals surface area (Å²) in [5, 5.41) is 5.51. The Morgan fingerprint density at radius 2 is 0.667 bits per heavy atom. The Hall–Kier alpha value is -3.78. The van der Waals surface area contributed by atoms with E-state index >= 15 is 0 Å². The van der Waals surface area contributed by atoms with Gasteiger partial charge in [-0.2, -0.15) is 12.1 Å². The van der Waals surface area contributed by atoms with Crippen molar-refractivity contribution in [3.05, 3.63) is 179 Å². The fourth-order valence-corrected chi connectivity index (χ4v) is 7.71. The molecule has 0 aliphatic rings. The topological polar surface area (TPSA) is 0 Å². The smallest absolute Gasteiger partial charge is 1.00 e. The predicted octanol–water partition coefficient (Wildman–Crippen LogP) is 10.5. The molecule has 8 rings (SSSR count). The van der Waals surface area contributed by atoms with E-state index in [0.29, 0.717) is 0 Å². The number of benzene rings is 6. The van der Waals surface area contributed by atoms with Crippen molar-refractivity contribution in [2.24, 2.45) is 0 Å². The van der Waals surface area contributed by atoms with Crippen molar-refractivity contribution < 1.29 is 48.1 Å². The summed E-state index contributed by atoms with van der Waals surface area (Å²) < 4.78 is 0. The predicted molar refractivity (Wildman–Crippen MR) is 254 cm³/mol. The molecule has 0 heterocycles. The minimum atomic E-state index is 0. The third kappa shape index (κ3) is 12.6. The molecule has 0 fully saturated rings. The molecule has 8 aromatic rings. The summed E-state index contributed by atoms with van der Waals surface area (Å²) in [7, 11) is 0. The molecule has 4 heteroatoms. The Labute approximate surface area is 388 Å². The largest absolute Gasteiger partial charge is 1.00 e. The molecule has 0 bridgehead atoms. The van der Waals surface area contributed by atoms with Crippen LogP contribution < -0.4 is 24.8 Å². The number of hydrogen-bond acceptors (Lipinski definition) is 0. The van der Waals surface area contributed by atoms with Gasteiger partial charge in [0.25, 0.3) is 0 Å². The monoisotopic (exact) mass is 920 g/mol. The van der Waals surface area contributed by atoms with E-state index in [1.807, 2.05) is 0 Å². The standard InChI is InChI=1S/2C27H27.C2H6Si.2ClH.Zr/c2*1-4-5-6-21-17-26-24(22-11-7-19(2)8-12-22)15-16-25(27(26)18-21)23-13-9-20(3)10-14-23;1-3-2;;;/h2*7-18H,4-6H2,1-3H3;1-2H3;2*1H;/q2*-1;;;;+2/p-2. The first-order valence-electron chi connectivity index (χ1n) is 21.3. The Morgan fingerprint density at radius 1 is 0.417 bits per heavy atom. The molecule has 0 nitrogen and oxygen atoms in total. The summed E-state index contributed by atoms with van der Waals surface area (Å²) in [4.78, 5) is 0. The van der Waals surface area contributed by atoms with Crippen LogP contribution in [-0.2, 0) is 36.2 Å². The molecule has 0 aliphatic heterocycles. The van der Waals surface area contributed by atoms with E-state index in [2.05, 4.69) is 200 Å². The van der Waals surface area contributed by atoms with Crippen LogP contribution in [0.3, 0.4) is 0 Å². The van der Waals surface area contributed by atoms with Crippen molar-refractivity contribution in [1.29, 1.82) is 0 Å². The van der Waals surface area contributed by atoms with Gasteiger partial charge in [-0.1, -0.05) is 216 Å². The quantitative estimate of drug-likeness (QED) is 0.0947. The Bertz CT molecular complexity index is 2230. The van der Waals surface area contributed by atoms with Crippen LogP contribution >= 0.6 is 0 Å². The number of aryl methyl sites for hydroxylation is 6. The molecule has 0 aromatic heterocycles. The molecule has 0 amide bonds. The molecule has 0 spiro atoms. The first kappa shape index (κ1) is 48.9. The van der Waals surface area contributed by atoms with Crippen molar-refractivity contribution in [3.8, 4) is 44.5 Å². The minimum absolute atomic E-state index is 0. The van der Waals surface area contributed by atoms with E-state index < -0.39 is 0 Å². The SMILES string of the molecule is CCCCc1cc2c(-c3ccc(C)cc3)ccc(-c3ccc(C)cc3)c2[cH-]1.CCCCc1cc2c(-c3ccc(C)cc3)ccc(-c3ccc(C)cc3)c2[cH-]1.C[Si](C)=[Zr+2].[Cl-].[Cl-]. The zero-order valence-corrected chi connectivity index (χ0v) is 41.8. The fourth-order valence-electron chi connectivity index (χ4n) is 7.71. The Kier molecular flexibility index (Phi) is 19.1. The van der Waals surface area contributed by atoms with Gasteiger partial charge in [-0.15, -0.1) is 44.8 Å². The van der Waals surface area contributed by atoms with Gasteiger partial charge >= 0.3 is 41.9 Å². The summed E-state index contributed by atoms with van der Waals surface area (Å²) in [6.07, 6.45) is 7.28. The van der Waals surface area contributed by atoms with Crippen LogP contribution in [0.1, 0.15) is 72.9 Å². The average molecular weight is 923 g/mol. The summed E-state index contributed by atoms with van der Waals surface area (Å²) in [6, 6.07) is 54.4. The van der Waals surface area contributed by atoms with Gasteiger partial charge in [-0.3, -0.25) is 0 Å². The molecule has 60 heavy (non-hydrogen) atoms. The second-order valence-electron chi connectivity index (χ2n) is 16.4. The molecule has 8 aromatic carbocycles. The van der Waals surface area contributed by atoms with Crippen molar-refractivity contribution >= 4 is 27.0 Å². The van der Waals surface area contributed by atoms with Crippen LogP contribution in [0.25, 0.3) is 66.1 Å². The zero-order chi connectivity index (χ0) is 41.2. The Balaban J connectivity index is 0.000000236. The Morgan fingerprint density at radius 3 is 0.933 bits per heavy atom. The van der Waals surface area contributed by atoms with Gasteiger partial charge in [-0.05, 0) is 51.7 Å². The van der Waals surface area contributed by atoms with Crippen molar-refractivity contribution in [2.75, 3.05) is 0 Å². The number of halogens is 2. The van der Waals surface area contributed by atoms with Crippen molar-refractivity contribution in [1.82, 2.24) is 0 Å². The molecule has 0 radical (unpaired) electrons. The van der Waals surface area contributed by atoms with Crippen molar-refractivity contribution in [2.45, 2.75) is 93.2 Å². The molecule has 0 atom stereocenters. The zero-order valence-electron chi connectivity index (χ0n) is 36.9. The summed E-state index contributed by atoms with van der Waals surface area (Å²) in [5.74, 6) is 0. The van der Waals surface area contributed by atoms with Crippen LogP contribution in [0, 0.1) is 27.7 Å². The molecule has 0 unspecified atom stereocenters. The fraction of sp³-hybridized carbons (Fsp3) is 0.250. The van der Waals surface area contributed by atoms with Crippen LogP contribution in [-0.4, -0.2) is 5.43 Å². The average Bonchev–Trinajstić information content (AvgIpc) is 3.85. The minimum Gasteiger partial charge on any atom is -1.00 e. The first-order chi connectivity index (χ1) is 28.0. The third-order valence-corrected chi connectivity index (χ3v) is 11.0. The molecule has 0 saturated carbocycles. The number of unbranched alkanes of at least 4 members (excludes halogenated alkanes) is 2.